The Morgan fingerprint density at radius 3 is 2.67 bits per heavy atom. The fourth-order valence-electron chi connectivity index (χ4n) is 8.19. The van der Waals surface area contributed by atoms with Gasteiger partial charge in [-0.1, -0.05) is 25.5 Å². The zero-order chi connectivity index (χ0) is 23.6. The smallest absolute Gasteiger partial charge is 0.313 e. The van der Waals surface area contributed by atoms with E-state index in [4.69, 9.17) is 4.74 Å². The molecule has 5 rings (SSSR count). The number of rotatable bonds is 6. The maximum Gasteiger partial charge on any atom is 0.313 e. The second-order valence-electron chi connectivity index (χ2n) is 11.8. The highest BCUT2D eigenvalue weighted by atomic mass is 16.5. The van der Waals surface area contributed by atoms with E-state index in [9.17, 15) is 19.5 Å². The van der Waals surface area contributed by atoms with Gasteiger partial charge < -0.3 is 15.2 Å². The lowest BCUT2D eigenvalue weighted by molar-refractivity contribution is -0.157. The Bertz CT molecular complexity index is 933. The zero-order valence-electron chi connectivity index (χ0n) is 20.1. The van der Waals surface area contributed by atoms with Crippen LogP contribution in [-0.4, -0.2) is 48.9 Å². The van der Waals surface area contributed by atoms with Crippen molar-refractivity contribution in [3.8, 4) is 0 Å². The number of aliphatic hydroxyl groups excluding tert-OH is 1. The molecule has 5 aliphatic carbocycles. The molecular weight excluding hydrogens is 418 g/mol. The summed E-state index contributed by atoms with van der Waals surface area (Å²) < 4.78 is 5.51. The summed E-state index contributed by atoms with van der Waals surface area (Å²) >= 11 is 0. The van der Waals surface area contributed by atoms with Crippen LogP contribution in [0.2, 0.25) is 0 Å². The first kappa shape index (κ1) is 23.0. The molecule has 0 amide bonds. The van der Waals surface area contributed by atoms with Gasteiger partial charge in [-0.05, 0) is 81.4 Å². The molecule has 7 atom stereocenters. The fraction of sp³-hybridized carbons (Fsp3) is 0.741. The number of hydrogen-bond donors (Lipinski definition) is 2. The molecule has 0 aromatic rings. The van der Waals surface area contributed by atoms with Gasteiger partial charge in [0, 0.05) is 23.8 Å². The van der Waals surface area contributed by atoms with Gasteiger partial charge in [0.2, 0.25) is 0 Å². The molecular formula is C27H37NO5. The second kappa shape index (κ2) is 7.88. The first-order valence-corrected chi connectivity index (χ1v) is 12.6. The van der Waals surface area contributed by atoms with Gasteiger partial charge in [0.05, 0.1) is 11.5 Å². The van der Waals surface area contributed by atoms with E-state index in [1.807, 2.05) is 13.1 Å². The average Bonchev–Trinajstić information content (AvgIpc) is 3.46. The molecule has 0 aliphatic heterocycles. The van der Waals surface area contributed by atoms with Gasteiger partial charge in [-0.3, -0.25) is 14.4 Å². The van der Waals surface area contributed by atoms with Crippen molar-refractivity contribution in [2.45, 2.75) is 64.9 Å². The monoisotopic (exact) mass is 455 g/mol. The molecule has 0 aromatic carbocycles. The molecule has 2 unspecified atom stereocenters. The maximum atomic E-state index is 13.3. The summed E-state index contributed by atoms with van der Waals surface area (Å²) in [5.74, 6) is 0.363. The molecule has 4 saturated carbocycles. The van der Waals surface area contributed by atoms with Crippen molar-refractivity contribution in [1.29, 1.82) is 0 Å². The molecule has 0 spiro atoms. The highest BCUT2D eigenvalue weighted by Crippen LogP contribution is 2.66. The van der Waals surface area contributed by atoms with Gasteiger partial charge in [-0.25, -0.2) is 0 Å². The summed E-state index contributed by atoms with van der Waals surface area (Å²) in [6.45, 7) is 4.77. The van der Waals surface area contributed by atoms with Gasteiger partial charge in [0.25, 0.3) is 0 Å². The third-order valence-corrected chi connectivity index (χ3v) is 10.0. The Morgan fingerprint density at radius 2 is 1.97 bits per heavy atom. The minimum Gasteiger partial charge on any atom is -0.457 e. The summed E-state index contributed by atoms with van der Waals surface area (Å²) in [4.78, 5) is 37.8. The first-order chi connectivity index (χ1) is 15.6. The Balaban J connectivity index is 1.31. The summed E-state index contributed by atoms with van der Waals surface area (Å²) in [5.41, 5.74) is 0.134. The molecule has 0 aromatic heterocycles. The van der Waals surface area contributed by atoms with Gasteiger partial charge in [-0.2, -0.15) is 0 Å². The molecule has 33 heavy (non-hydrogen) atoms. The topological polar surface area (TPSA) is 92.7 Å². The minimum absolute atomic E-state index is 0.00465. The molecule has 2 N–H and O–H groups in total. The SMILES string of the molecule is CNCC1(C(=O)OCC(=O)[C@H]2CCC3[C@@H]4CCC5=CC(=O)C=C[C@]5(C)C4[C@@H](O)C[C@@]32C)CC1. The van der Waals surface area contributed by atoms with E-state index >= 15 is 0 Å². The number of Topliss-reactive ketones (excluding diaryl/α,β-unsaturated/α-hetero) is 1. The summed E-state index contributed by atoms with van der Waals surface area (Å²) in [5, 5.41) is 14.5. The minimum atomic E-state index is -0.524. The van der Waals surface area contributed by atoms with E-state index in [-0.39, 0.29) is 46.8 Å². The van der Waals surface area contributed by atoms with Crippen molar-refractivity contribution in [2.24, 2.45) is 39.9 Å². The van der Waals surface area contributed by atoms with Gasteiger partial charge in [0.15, 0.2) is 11.6 Å². The summed E-state index contributed by atoms with van der Waals surface area (Å²) in [6, 6.07) is 0. The number of fused-ring (bicyclic) bond motifs is 5. The second-order valence-corrected chi connectivity index (χ2v) is 11.8. The summed E-state index contributed by atoms with van der Waals surface area (Å²) in [7, 11) is 1.82. The quantitative estimate of drug-likeness (QED) is 0.598. The van der Waals surface area contributed by atoms with E-state index in [1.165, 1.54) is 0 Å². The Morgan fingerprint density at radius 1 is 1.21 bits per heavy atom. The van der Waals surface area contributed by atoms with Crippen molar-refractivity contribution in [3.05, 3.63) is 23.8 Å². The van der Waals surface area contributed by atoms with Crippen LogP contribution < -0.4 is 5.32 Å². The van der Waals surface area contributed by atoms with Gasteiger partial charge in [0.1, 0.15) is 6.61 Å². The molecule has 6 heteroatoms. The van der Waals surface area contributed by atoms with E-state index < -0.39 is 11.5 Å². The van der Waals surface area contributed by atoms with Crippen molar-refractivity contribution >= 4 is 17.5 Å². The predicted octanol–water partition coefficient (Wildman–Crippen LogP) is 2.99. The number of allylic oxidation sites excluding steroid dienone is 4. The Kier molecular flexibility index (Phi) is 5.48. The third kappa shape index (κ3) is 3.47. The average molecular weight is 456 g/mol. The number of nitrogens with one attached hydrogen (secondary N) is 1. The van der Waals surface area contributed by atoms with Crippen LogP contribution in [-0.2, 0) is 19.1 Å². The van der Waals surface area contributed by atoms with Gasteiger partial charge in [-0.15, -0.1) is 0 Å². The molecule has 5 aliphatic rings. The standard InChI is InChI=1S/C27H37NO5/c1-25-9-8-17(29)12-16(25)4-5-18-19-6-7-20(26(19,2)13-21(30)23(18)25)22(31)14-33-24(32)27(10-11-27)15-28-3/h8-9,12,18-21,23,28,30H,4-7,10-11,13-15H2,1-3H3/t18-,19?,20+,21-,23?,25-,26-/m0/s1. The molecule has 0 bridgehead atoms. The molecule has 0 radical (unpaired) electrons. The van der Waals surface area contributed by atoms with Crippen molar-refractivity contribution in [2.75, 3.05) is 20.2 Å². The van der Waals surface area contributed by atoms with Crippen molar-refractivity contribution in [1.82, 2.24) is 5.32 Å². The highest BCUT2D eigenvalue weighted by molar-refractivity contribution is 6.01. The number of esters is 1. The predicted molar refractivity (Wildman–Crippen MR) is 123 cm³/mol. The van der Waals surface area contributed by atoms with E-state index in [2.05, 4.69) is 19.2 Å². The number of carbonyl (C=O) groups excluding carboxylic acids is 3. The van der Waals surface area contributed by atoms with Crippen molar-refractivity contribution in [3.63, 3.8) is 0 Å². The molecule has 4 fully saturated rings. The number of carbonyl (C=O) groups is 3. The highest BCUT2D eigenvalue weighted by Gasteiger charge is 2.62. The molecule has 0 heterocycles. The Labute approximate surface area is 196 Å². The number of ketones is 2. The van der Waals surface area contributed by atoms with Crippen LogP contribution in [0, 0.1) is 39.9 Å². The largest absolute Gasteiger partial charge is 0.457 e. The van der Waals surface area contributed by atoms with Gasteiger partial charge >= 0.3 is 5.97 Å². The number of ether oxygens (including phenoxy) is 1. The lowest BCUT2D eigenvalue weighted by atomic mass is 9.46. The summed E-state index contributed by atoms with van der Waals surface area (Å²) in [6.07, 6.45) is 10.7. The van der Waals surface area contributed by atoms with Crippen LogP contribution in [0.5, 0.6) is 0 Å². The molecule has 180 valence electrons. The lowest BCUT2D eigenvalue weighted by Gasteiger charge is -2.58. The first-order valence-electron chi connectivity index (χ1n) is 12.6. The van der Waals surface area contributed by atoms with Crippen LogP contribution in [0.25, 0.3) is 0 Å². The van der Waals surface area contributed by atoms with E-state index in [0.29, 0.717) is 24.8 Å². The fourth-order valence-corrected chi connectivity index (χ4v) is 8.19. The van der Waals surface area contributed by atoms with Crippen LogP contribution in [0.1, 0.15) is 58.8 Å². The number of hydrogen-bond acceptors (Lipinski definition) is 6. The molecule has 0 saturated heterocycles. The van der Waals surface area contributed by atoms with E-state index in [0.717, 1.165) is 44.1 Å². The van der Waals surface area contributed by atoms with Crippen LogP contribution in [0.3, 0.4) is 0 Å². The Hall–Kier alpha value is -1.79. The number of aliphatic hydroxyl groups is 1. The zero-order valence-corrected chi connectivity index (χ0v) is 20.1. The normalized spacial score (nSPS) is 42.6. The molecule has 6 nitrogen and oxygen atoms in total. The van der Waals surface area contributed by atoms with Crippen LogP contribution in [0.4, 0.5) is 0 Å². The third-order valence-electron chi connectivity index (χ3n) is 10.0. The van der Waals surface area contributed by atoms with Crippen LogP contribution in [0.15, 0.2) is 23.8 Å². The van der Waals surface area contributed by atoms with Crippen LogP contribution >= 0.6 is 0 Å². The van der Waals surface area contributed by atoms with E-state index in [1.54, 1.807) is 12.2 Å². The maximum absolute atomic E-state index is 13.3. The lowest BCUT2D eigenvalue weighted by Crippen LogP contribution is -2.56. The van der Waals surface area contributed by atoms with Crippen molar-refractivity contribution < 1.29 is 24.2 Å².